The molecule has 1 aliphatic rings. The van der Waals surface area contributed by atoms with Gasteiger partial charge >= 0.3 is 0 Å². The summed E-state index contributed by atoms with van der Waals surface area (Å²) in [6.07, 6.45) is 11.0. The van der Waals surface area contributed by atoms with E-state index in [9.17, 15) is 0 Å². The van der Waals surface area contributed by atoms with E-state index in [1.807, 2.05) is 19.2 Å². The van der Waals surface area contributed by atoms with Crippen LogP contribution in [0.5, 0.6) is 0 Å². The molecule has 0 aliphatic carbocycles. The van der Waals surface area contributed by atoms with E-state index in [4.69, 9.17) is 0 Å². The third-order valence-electron chi connectivity index (χ3n) is 6.42. The van der Waals surface area contributed by atoms with E-state index in [0.29, 0.717) is 6.04 Å². The molecule has 0 radical (unpaired) electrons. The van der Waals surface area contributed by atoms with Crippen LogP contribution in [-0.4, -0.2) is 24.5 Å². The number of piperidine rings is 1. The summed E-state index contributed by atoms with van der Waals surface area (Å²) in [5.74, 6) is 0. The van der Waals surface area contributed by atoms with Gasteiger partial charge < -0.3 is 10.2 Å². The number of benzene rings is 2. The van der Waals surface area contributed by atoms with Gasteiger partial charge in [0.15, 0.2) is 0 Å². The van der Waals surface area contributed by atoms with Crippen molar-refractivity contribution in [1.29, 1.82) is 0 Å². The minimum atomic E-state index is 0.549. The van der Waals surface area contributed by atoms with Crippen molar-refractivity contribution >= 4 is 23.5 Å². The fourth-order valence-corrected chi connectivity index (χ4v) is 4.61. The number of rotatable bonds is 9. The number of anilines is 1. The molecule has 0 aromatic heterocycles. The summed E-state index contributed by atoms with van der Waals surface area (Å²) in [4.78, 5) is 2.55. The summed E-state index contributed by atoms with van der Waals surface area (Å²) in [5, 5.41) is 3.28. The Kier molecular flexibility index (Phi) is 7.57. The molecule has 1 aliphatic heterocycles. The average molecular weight is 401 g/mol. The first-order chi connectivity index (χ1) is 14.6. The second-order valence-corrected chi connectivity index (χ2v) is 8.18. The Morgan fingerprint density at radius 1 is 1.10 bits per heavy atom. The van der Waals surface area contributed by atoms with Crippen molar-refractivity contribution in [2.24, 2.45) is 0 Å². The number of likely N-dealkylation sites (tertiary alicyclic amines) is 1. The standard InChI is InChI=1S/C28H36N2/c1-6-23-14-12-22(19-25(23)8-3)13-17-27-11-9-10-18-30(27)21(4)26-16-15-24(7-2)28(20-26)29-5/h6-7,12,14-16,19-20,27,29H,1-2,4,8-11,13,17-18H2,3,5H3. The number of nitrogens with one attached hydrogen (secondary N) is 1. The van der Waals surface area contributed by atoms with Crippen molar-refractivity contribution in [2.75, 3.05) is 18.9 Å². The van der Waals surface area contributed by atoms with Crippen molar-refractivity contribution in [3.8, 4) is 0 Å². The summed E-state index contributed by atoms with van der Waals surface area (Å²) < 4.78 is 0. The van der Waals surface area contributed by atoms with Crippen LogP contribution in [0, 0.1) is 0 Å². The van der Waals surface area contributed by atoms with Gasteiger partial charge in [0.25, 0.3) is 0 Å². The number of aryl methyl sites for hydroxylation is 2. The van der Waals surface area contributed by atoms with Gasteiger partial charge in [0.05, 0.1) is 0 Å². The third kappa shape index (κ3) is 4.87. The van der Waals surface area contributed by atoms with Gasteiger partial charge in [-0.2, -0.15) is 0 Å². The zero-order valence-corrected chi connectivity index (χ0v) is 18.7. The van der Waals surface area contributed by atoms with Crippen LogP contribution in [0.1, 0.15) is 60.4 Å². The van der Waals surface area contributed by atoms with E-state index in [2.05, 4.69) is 73.3 Å². The van der Waals surface area contributed by atoms with Crippen molar-refractivity contribution in [3.63, 3.8) is 0 Å². The van der Waals surface area contributed by atoms with Gasteiger partial charge in [-0.1, -0.05) is 69.1 Å². The molecule has 0 amide bonds. The Bertz CT molecular complexity index is 909. The summed E-state index contributed by atoms with van der Waals surface area (Å²) in [5.41, 5.74) is 8.65. The zero-order chi connectivity index (χ0) is 21.5. The summed E-state index contributed by atoms with van der Waals surface area (Å²) >= 11 is 0. The molecule has 1 fully saturated rings. The molecule has 0 spiro atoms. The van der Waals surface area contributed by atoms with Crippen LogP contribution in [0.3, 0.4) is 0 Å². The lowest BCUT2D eigenvalue weighted by atomic mass is 9.92. The van der Waals surface area contributed by atoms with Gasteiger partial charge in [0, 0.05) is 31.0 Å². The Labute approximate surface area is 183 Å². The quantitative estimate of drug-likeness (QED) is 0.486. The predicted molar refractivity (Wildman–Crippen MR) is 134 cm³/mol. The van der Waals surface area contributed by atoms with Crippen LogP contribution in [0.2, 0.25) is 0 Å². The number of hydrogen-bond donors (Lipinski definition) is 1. The van der Waals surface area contributed by atoms with Crippen LogP contribution in [0.15, 0.2) is 56.1 Å². The molecule has 0 saturated carbocycles. The third-order valence-corrected chi connectivity index (χ3v) is 6.42. The molecule has 3 rings (SSSR count). The van der Waals surface area contributed by atoms with Crippen LogP contribution in [0.25, 0.3) is 17.8 Å². The highest BCUT2D eigenvalue weighted by molar-refractivity contribution is 5.73. The Morgan fingerprint density at radius 2 is 1.87 bits per heavy atom. The maximum Gasteiger partial charge on any atom is 0.0417 e. The van der Waals surface area contributed by atoms with Crippen molar-refractivity contribution < 1.29 is 0 Å². The Morgan fingerprint density at radius 3 is 2.57 bits per heavy atom. The van der Waals surface area contributed by atoms with Crippen molar-refractivity contribution in [2.45, 2.75) is 51.5 Å². The zero-order valence-electron chi connectivity index (χ0n) is 18.7. The van der Waals surface area contributed by atoms with E-state index in [0.717, 1.165) is 36.3 Å². The van der Waals surface area contributed by atoms with Crippen LogP contribution in [-0.2, 0) is 12.8 Å². The predicted octanol–water partition coefficient (Wildman–Crippen LogP) is 7.03. The molecule has 2 heteroatoms. The maximum absolute atomic E-state index is 4.50. The van der Waals surface area contributed by atoms with E-state index in [-0.39, 0.29) is 0 Å². The van der Waals surface area contributed by atoms with Crippen LogP contribution < -0.4 is 5.32 Å². The lowest BCUT2D eigenvalue weighted by molar-refractivity contribution is 0.217. The lowest BCUT2D eigenvalue weighted by Gasteiger charge is -2.39. The molecule has 1 saturated heterocycles. The SMILES string of the molecule is C=Cc1ccc(CCC2CCCCN2C(=C)c2ccc(C=C)c(NC)c2)cc1CC. The largest absolute Gasteiger partial charge is 0.388 e. The topological polar surface area (TPSA) is 15.3 Å². The first kappa shape index (κ1) is 22.0. The second kappa shape index (κ2) is 10.3. The van der Waals surface area contributed by atoms with E-state index in [1.165, 1.54) is 47.9 Å². The van der Waals surface area contributed by atoms with Gasteiger partial charge in [-0.25, -0.2) is 0 Å². The van der Waals surface area contributed by atoms with E-state index >= 15 is 0 Å². The smallest absolute Gasteiger partial charge is 0.0417 e. The molecule has 30 heavy (non-hydrogen) atoms. The average Bonchev–Trinajstić information content (AvgIpc) is 2.81. The van der Waals surface area contributed by atoms with Crippen LogP contribution in [0.4, 0.5) is 5.69 Å². The number of nitrogens with zero attached hydrogens (tertiary/aromatic N) is 1. The Balaban J connectivity index is 1.74. The van der Waals surface area contributed by atoms with Crippen molar-refractivity contribution in [3.05, 3.63) is 84.0 Å². The van der Waals surface area contributed by atoms with Gasteiger partial charge in [0.2, 0.25) is 0 Å². The van der Waals surface area contributed by atoms with Gasteiger partial charge in [0.1, 0.15) is 0 Å². The monoisotopic (exact) mass is 400 g/mol. The number of hydrogen-bond acceptors (Lipinski definition) is 2. The molecule has 2 nitrogen and oxygen atoms in total. The molecule has 2 aromatic carbocycles. The highest BCUT2D eigenvalue weighted by Crippen LogP contribution is 2.31. The molecule has 158 valence electrons. The van der Waals surface area contributed by atoms with Crippen LogP contribution >= 0.6 is 0 Å². The van der Waals surface area contributed by atoms with E-state index < -0.39 is 0 Å². The molecule has 1 unspecified atom stereocenters. The first-order valence-electron chi connectivity index (χ1n) is 11.3. The van der Waals surface area contributed by atoms with Gasteiger partial charge in [-0.05, 0) is 72.4 Å². The van der Waals surface area contributed by atoms with Crippen molar-refractivity contribution in [1.82, 2.24) is 4.90 Å². The van der Waals surface area contributed by atoms with Gasteiger partial charge in [-0.15, -0.1) is 0 Å². The molecular formula is C28H36N2. The van der Waals surface area contributed by atoms with Gasteiger partial charge in [-0.3, -0.25) is 0 Å². The lowest BCUT2D eigenvalue weighted by Crippen LogP contribution is -2.38. The fourth-order valence-electron chi connectivity index (χ4n) is 4.61. The minimum Gasteiger partial charge on any atom is -0.388 e. The second-order valence-electron chi connectivity index (χ2n) is 8.18. The summed E-state index contributed by atoms with van der Waals surface area (Å²) in [6.45, 7) is 15.7. The maximum atomic E-state index is 4.50. The molecular weight excluding hydrogens is 364 g/mol. The normalized spacial score (nSPS) is 16.2. The highest BCUT2D eigenvalue weighted by atomic mass is 15.2. The molecule has 2 aromatic rings. The fraction of sp³-hybridized carbons (Fsp3) is 0.357. The molecule has 0 bridgehead atoms. The molecule has 1 heterocycles. The first-order valence-corrected chi connectivity index (χ1v) is 11.3. The minimum absolute atomic E-state index is 0.549. The highest BCUT2D eigenvalue weighted by Gasteiger charge is 2.24. The molecule has 1 N–H and O–H groups in total. The van der Waals surface area contributed by atoms with E-state index in [1.54, 1.807) is 0 Å². The summed E-state index contributed by atoms with van der Waals surface area (Å²) in [6, 6.07) is 13.9. The summed E-state index contributed by atoms with van der Waals surface area (Å²) in [7, 11) is 1.96. The Hall–Kier alpha value is -2.74. The molecule has 1 atom stereocenters.